The molecule has 9 heteroatoms. The molecule has 0 radical (unpaired) electrons. The zero-order valence-electron chi connectivity index (χ0n) is 18.3. The van der Waals surface area contributed by atoms with E-state index < -0.39 is 35.3 Å². The average Bonchev–Trinajstić information content (AvgIpc) is 3.15. The third-order valence-corrected chi connectivity index (χ3v) is 6.34. The Morgan fingerprint density at radius 2 is 2.09 bits per heavy atom. The van der Waals surface area contributed by atoms with Crippen LogP contribution in [0.5, 0.6) is 0 Å². The van der Waals surface area contributed by atoms with E-state index in [1.165, 1.54) is 17.0 Å². The fourth-order valence-electron chi connectivity index (χ4n) is 4.78. The number of halogens is 3. The van der Waals surface area contributed by atoms with Gasteiger partial charge in [-0.15, -0.1) is 0 Å². The highest BCUT2D eigenvalue weighted by Gasteiger charge is 2.54. The van der Waals surface area contributed by atoms with Crippen molar-refractivity contribution in [3.05, 3.63) is 65.5 Å². The van der Waals surface area contributed by atoms with Gasteiger partial charge in [-0.2, -0.15) is 13.2 Å². The first-order valence-electron chi connectivity index (χ1n) is 11.0. The van der Waals surface area contributed by atoms with Gasteiger partial charge in [0, 0.05) is 24.5 Å². The van der Waals surface area contributed by atoms with Crippen LogP contribution in [0, 0.1) is 5.92 Å². The summed E-state index contributed by atoms with van der Waals surface area (Å²) in [4.78, 5) is 32.1. The number of carbonyl (C=O) groups is 2. The largest absolute Gasteiger partial charge is 0.416 e. The summed E-state index contributed by atoms with van der Waals surface area (Å²) in [5.74, 6) is -0.781. The minimum atomic E-state index is -4.57. The predicted molar refractivity (Wildman–Crippen MR) is 114 cm³/mol. The Hall–Kier alpha value is -2.94. The van der Waals surface area contributed by atoms with Gasteiger partial charge in [0.1, 0.15) is 11.8 Å². The van der Waals surface area contributed by atoms with Crippen molar-refractivity contribution in [1.82, 2.24) is 15.2 Å². The van der Waals surface area contributed by atoms with Gasteiger partial charge in [0.05, 0.1) is 12.2 Å². The standard InChI is InChI=1S/C24H26F3N3O3/c1-16-5-3-9-23(12-16)30(22(32)18-7-2-8-19(11-18)24(25,26)27)20(15-33-23)21(31)29-14-17-6-4-10-28-13-17/h2,4,6-8,10-11,13,16,20H,3,5,9,12,14-15H2,1H3,(H,29,31). The van der Waals surface area contributed by atoms with Crippen molar-refractivity contribution in [2.45, 2.75) is 57.1 Å². The molecule has 2 heterocycles. The molecule has 6 nitrogen and oxygen atoms in total. The topological polar surface area (TPSA) is 71.5 Å². The molecule has 0 bridgehead atoms. The second-order valence-corrected chi connectivity index (χ2v) is 8.81. The molecule has 3 atom stereocenters. The predicted octanol–water partition coefficient (Wildman–Crippen LogP) is 4.16. The number of hydrogen-bond acceptors (Lipinski definition) is 4. The molecule has 1 aliphatic heterocycles. The number of ether oxygens (including phenoxy) is 1. The van der Waals surface area contributed by atoms with Crippen LogP contribution < -0.4 is 5.32 Å². The van der Waals surface area contributed by atoms with Crippen LogP contribution in [0.15, 0.2) is 48.8 Å². The molecule has 176 valence electrons. The van der Waals surface area contributed by atoms with Gasteiger partial charge in [0.25, 0.3) is 5.91 Å². The van der Waals surface area contributed by atoms with Crippen LogP contribution in [0.25, 0.3) is 0 Å². The molecule has 33 heavy (non-hydrogen) atoms. The lowest BCUT2D eigenvalue weighted by Gasteiger charge is -2.43. The number of hydrogen-bond donors (Lipinski definition) is 1. The number of rotatable bonds is 4. The second kappa shape index (κ2) is 9.13. The quantitative estimate of drug-likeness (QED) is 0.742. The summed E-state index contributed by atoms with van der Waals surface area (Å²) < 4.78 is 45.9. The number of nitrogens with one attached hydrogen (secondary N) is 1. The maximum Gasteiger partial charge on any atom is 0.416 e. The van der Waals surface area contributed by atoms with Gasteiger partial charge in [-0.1, -0.05) is 25.5 Å². The Labute approximate surface area is 190 Å². The summed E-state index contributed by atoms with van der Waals surface area (Å²) in [6, 6.07) is 6.95. The molecule has 1 saturated heterocycles. The monoisotopic (exact) mass is 461 g/mol. The number of pyridine rings is 1. The molecule has 4 rings (SSSR count). The molecule has 2 aliphatic rings. The number of alkyl halides is 3. The number of carbonyl (C=O) groups excluding carboxylic acids is 2. The van der Waals surface area contributed by atoms with Crippen LogP contribution in [0.2, 0.25) is 0 Å². The summed E-state index contributed by atoms with van der Waals surface area (Å²) >= 11 is 0. The minimum Gasteiger partial charge on any atom is -0.353 e. The third-order valence-electron chi connectivity index (χ3n) is 6.34. The van der Waals surface area contributed by atoms with Gasteiger partial charge in [-0.3, -0.25) is 19.5 Å². The van der Waals surface area contributed by atoms with Crippen molar-refractivity contribution < 1.29 is 27.5 Å². The molecule has 1 aromatic carbocycles. The highest BCUT2D eigenvalue weighted by atomic mass is 19.4. The molecular weight excluding hydrogens is 435 g/mol. The van der Waals surface area contributed by atoms with Crippen molar-refractivity contribution >= 4 is 11.8 Å². The second-order valence-electron chi connectivity index (χ2n) is 8.81. The highest BCUT2D eigenvalue weighted by molar-refractivity contribution is 5.98. The summed E-state index contributed by atoms with van der Waals surface area (Å²) in [5, 5.41) is 2.81. The molecule has 1 spiro atoms. The molecule has 1 aliphatic carbocycles. The van der Waals surface area contributed by atoms with Crippen LogP contribution in [-0.2, 0) is 22.3 Å². The normalized spacial score (nSPS) is 25.3. The first-order valence-corrected chi connectivity index (χ1v) is 11.0. The fraction of sp³-hybridized carbons (Fsp3) is 0.458. The van der Waals surface area contributed by atoms with Gasteiger partial charge in [0.15, 0.2) is 0 Å². The van der Waals surface area contributed by atoms with Gasteiger partial charge in [-0.25, -0.2) is 0 Å². The highest BCUT2D eigenvalue weighted by Crippen LogP contribution is 2.43. The zero-order chi connectivity index (χ0) is 23.6. The molecule has 3 unspecified atom stereocenters. The van der Waals surface area contributed by atoms with Crippen LogP contribution in [-0.4, -0.2) is 40.1 Å². The third kappa shape index (κ3) is 4.88. The van der Waals surface area contributed by atoms with Crippen molar-refractivity contribution in [3.63, 3.8) is 0 Å². The smallest absolute Gasteiger partial charge is 0.353 e. The van der Waals surface area contributed by atoms with Crippen LogP contribution in [0.4, 0.5) is 13.2 Å². The summed E-state index contributed by atoms with van der Waals surface area (Å²) in [6.07, 6.45) is 1.51. The minimum absolute atomic E-state index is 0.00368. The lowest BCUT2D eigenvalue weighted by Crippen LogP contribution is -2.57. The van der Waals surface area contributed by atoms with Crippen LogP contribution >= 0.6 is 0 Å². The lowest BCUT2D eigenvalue weighted by atomic mass is 9.83. The summed E-state index contributed by atoms with van der Waals surface area (Å²) in [7, 11) is 0. The van der Waals surface area contributed by atoms with Gasteiger partial charge in [-0.05, 0) is 55.0 Å². The zero-order valence-corrected chi connectivity index (χ0v) is 18.3. The van der Waals surface area contributed by atoms with Crippen molar-refractivity contribution in [3.8, 4) is 0 Å². The number of benzene rings is 1. The van der Waals surface area contributed by atoms with Crippen molar-refractivity contribution in [2.75, 3.05) is 6.61 Å². The van der Waals surface area contributed by atoms with E-state index in [1.807, 2.05) is 13.0 Å². The Morgan fingerprint density at radius 3 is 2.79 bits per heavy atom. The SMILES string of the molecule is CC1CCCC2(C1)OCC(C(=O)NCc1cccnc1)N2C(=O)c1cccc(C(F)(F)F)c1. The van der Waals surface area contributed by atoms with E-state index in [9.17, 15) is 22.8 Å². The van der Waals surface area contributed by atoms with E-state index in [2.05, 4.69) is 10.3 Å². The number of nitrogens with zero attached hydrogens (tertiary/aromatic N) is 2. The molecule has 1 aromatic heterocycles. The van der Waals surface area contributed by atoms with Gasteiger partial charge in [0.2, 0.25) is 5.91 Å². The Bertz CT molecular complexity index is 1010. The molecule has 2 amide bonds. The molecule has 1 N–H and O–H groups in total. The Morgan fingerprint density at radius 1 is 1.27 bits per heavy atom. The van der Waals surface area contributed by atoms with Gasteiger partial charge >= 0.3 is 6.18 Å². The number of amides is 2. The van der Waals surface area contributed by atoms with Gasteiger partial charge < -0.3 is 10.1 Å². The summed E-state index contributed by atoms with van der Waals surface area (Å²) in [5.41, 5.74) is -1.23. The average molecular weight is 461 g/mol. The maximum absolute atomic E-state index is 13.6. The first-order chi connectivity index (χ1) is 15.7. The number of aromatic nitrogens is 1. The van der Waals surface area contributed by atoms with E-state index in [0.717, 1.165) is 30.5 Å². The Kier molecular flexibility index (Phi) is 6.43. The van der Waals surface area contributed by atoms with E-state index in [1.54, 1.807) is 18.5 Å². The fourth-order valence-corrected chi connectivity index (χ4v) is 4.78. The van der Waals surface area contributed by atoms with Crippen molar-refractivity contribution in [1.29, 1.82) is 0 Å². The first kappa shape index (κ1) is 23.2. The Balaban J connectivity index is 1.63. The molecule has 2 fully saturated rings. The van der Waals surface area contributed by atoms with Crippen LogP contribution in [0.1, 0.15) is 54.1 Å². The van der Waals surface area contributed by atoms with Crippen LogP contribution in [0.3, 0.4) is 0 Å². The van der Waals surface area contributed by atoms with Crippen molar-refractivity contribution in [2.24, 2.45) is 5.92 Å². The van der Waals surface area contributed by atoms with E-state index >= 15 is 0 Å². The maximum atomic E-state index is 13.6. The van der Waals surface area contributed by atoms with E-state index in [0.29, 0.717) is 12.8 Å². The molecule has 2 aromatic rings. The lowest BCUT2D eigenvalue weighted by molar-refractivity contribution is -0.137. The van der Waals surface area contributed by atoms with E-state index in [-0.39, 0.29) is 24.6 Å². The molecule has 1 saturated carbocycles. The van der Waals surface area contributed by atoms with E-state index in [4.69, 9.17) is 4.74 Å². The molecular formula is C24H26F3N3O3. The summed E-state index contributed by atoms with van der Waals surface area (Å²) in [6.45, 7) is 2.27.